The summed E-state index contributed by atoms with van der Waals surface area (Å²) in [4.78, 5) is 28.9. The molecular weight excluding hydrogens is 446 g/mol. The van der Waals surface area contributed by atoms with E-state index in [0.29, 0.717) is 26.3 Å². The molecule has 1 fully saturated rings. The number of hydrogen-bond donors (Lipinski definition) is 1. The molecule has 2 aromatic carbocycles. The number of carbonyl (C=O) groups excluding carboxylic acids is 2. The SMILES string of the molecule is CCc1ccc(C(C(=O)NCCOC)N(CC2CCCO2)C(=O)Cn2nnc3ccccc32)cc1. The fourth-order valence-corrected chi connectivity index (χ4v) is 4.39. The quantitative estimate of drug-likeness (QED) is 0.425. The van der Waals surface area contributed by atoms with Crippen LogP contribution < -0.4 is 5.32 Å². The van der Waals surface area contributed by atoms with Gasteiger partial charge in [0, 0.05) is 26.8 Å². The largest absolute Gasteiger partial charge is 0.383 e. The minimum Gasteiger partial charge on any atom is -0.383 e. The van der Waals surface area contributed by atoms with Crippen LogP contribution in [0.4, 0.5) is 0 Å². The molecule has 0 bridgehead atoms. The van der Waals surface area contributed by atoms with Crippen LogP contribution >= 0.6 is 0 Å². The predicted octanol–water partition coefficient (Wildman–Crippen LogP) is 2.51. The second-order valence-corrected chi connectivity index (χ2v) is 8.70. The first kappa shape index (κ1) is 24.8. The summed E-state index contributed by atoms with van der Waals surface area (Å²) in [6.45, 7) is 3.79. The van der Waals surface area contributed by atoms with Crippen molar-refractivity contribution in [1.82, 2.24) is 25.2 Å². The Balaban J connectivity index is 1.66. The first-order chi connectivity index (χ1) is 17.1. The molecule has 3 aromatic rings. The molecule has 1 aliphatic heterocycles. The Kier molecular flexibility index (Phi) is 8.44. The third-order valence-electron chi connectivity index (χ3n) is 6.32. The fraction of sp³-hybridized carbons (Fsp3) is 0.462. The topological polar surface area (TPSA) is 98.6 Å². The third-order valence-corrected chi connectivity index (χ3v) is 6.32. The maximum atomic E-state index is 13.8. The number of amides is 2. The lowest BCUT2D eigenvalue weighted by atomic mass is 10.0. The number of carbonyl (C=O) groups is 2. The zero-order valence-corrected chi connectivity index (χ0v) is 20.4. The molecule has 1 aromatic heterocycles. The second-order valence-electron chi connectivity index (χ2n) is 8.70. The van der Waals surface area contributed by atoms with Crippen LogP contribution in [-0.2, 0) is 32.0 Å². The second kappa shape index (κ2) is 11.9. The van der Waals surface area contributed by atoms with Gasteiger partial charge in [-0.2, -0.15) is 0 Å². The lowest BCUT2D eigenvalue weighted by molar-refractivity contribution is -0.143. The van der Waals surface area contributed by atoms with E-state index in [-0.39, 0.29) is 24.5 Å². The maximum absolute atomic E-state index is 13.8. The lowest BCUT2D eigenvalue weighted by Gasteiger charge is -2.33. The number of hydrogen-bond acceptors (Lipinski definition) is 6. The zero-order chi connectivity index (χ0) is 24.6. The Morgan fingerprint density at radius 2 is 2.03 bits per heavy atom. The van der Waals surface area contributed by atoms with Crippen LogP contribution in [0, 0.1) is 0 Å². The molecular formula is C26H33N5O4. The van der Waals surface area contributed by atoms with Crippen molar-refractivity contribution in [2.24, 2.45) is 0 Å². The molecule has 9 heteroatoms. The first-order valence-corrected chi connectivity index (χ1v) is 12.2. The summed E-state index contributed by atoms with van der Waals surface area (Å²) in [5.74, 6) is -0.469. The Hall–Kier alpha value is -3.30. The van der Waals surface area contributed by atoms with E-state index in [9.17, 15) is 9.59 Å². The molecule has 0 aliphatic carbocycles. The van der Waals surface area contributed by atoms with Crippen molar-refractivity contribution >= 4 is 22.8 Å². The number of ether oxygens (including phenoxy) is 2. The summed E-state index contributed by atoms with van der Waals surface area (Å²) in [5.41, 5.74) is 3.41. The molecule has 0 radical (unpaired) electrons. The normalized spacial score (nSPS) is 16.3. The summed E-state index contributed by atoms with van der Waals surface area (Å²) in [7, 11) is 1.59. The van der Waals surface area contributed by atoms with Crippen molar-refractivity contribution in [3.05, 3.63) is 59.7 Å². The highest BCUT2D eigenvalue weighted by Crippen LogP contribution is 2.26. The van der Waals surface area contributed by atoms with Gasteiger partial charge in [0.25, 0.3) is 0 Å². The van der Waals surface area contributed by atoms with Crippen molar-refractivity contribution in [1.29, 1.82) is 0 Å². The van der Waals surface area contributed by atoms with Crippen molar-refractivity contribution in [3.63, 3.8) is 0 Å². The highest BCUT2D eigenvalue weighted by molar-refractivity contribution is 5.89. The standard InChI is InChI=1S/C26H33N5O4/c1-3-19-10-12-20(13-11-19)25(26(33)27-14-16-34-2)30(17-21-7-6-15-35-21)24(32)18-31-23-9-5-4-8-22(23)28-29-31/h4-5,8-13,21,25H,3,6-7,14-18H2,1-2H3,(H,27,33). The van der Waals surface area contributed by atoms with Crippen LogP contribution in [0.25, 0.3) is 11.0 Å². The van der Waals surface area contributed by atoms with Gasteiger partial charge in [-0.25, -0.2) is 4.68 Å². The molecule has 1 N–H and O–H groups in total. The minimum absolute atomic E-state index is 0.0257. The van der Waals surface area contributed by atoms with Gasteiger partial charge in [0.15, 0.2) is 0 Å². The van der Waals surface area contributed by atoms with E-state index >= 15 is 0 Å². The van der Waals surface area contributed by atoms with Crippen molar-refractivity contribution in [2.75, 3.05) is 33.4 Å². The molecule has 35 heavy (non-hydrogen) atoms. The fourth-order valence-electron chi connectivity index (χ4n) is 4.39. The van der Waals surface area contributed by atoms with Gasteiger partial charge in [0.1, 0.15) is 18.1 Å². The van der Waals surface area contributed by atoms with Crippen molar-refractivity contribution in [3.8, 4) is 0 Å². The number of methoxy groups -OCH3 is 1. The van der Waals surface area contributed by atoms with Gasteiger partial charge < -0.3 is 19.7 Å². The number of aryl methyl sites for hydroxylation is 1. The Labute approximate surface area is 205 Å². The Bertz CT molecular complexity index is 1120. The van der Waals surface area contributed by atoms with Gasteiger partial charge in [-0.15, -0.1) is 5.10 Å². The number of fused-ring (bicyclic) bond motifs is 1. The number of aromatic nitrogens is 3. The summed E-state index contributed by atoms with van der Waals surface area (Å²) >= 11 is 0. The summed E-state index contributed by atoms with van der Waals surface area (Å²) in [5, 5.41) is 11.3. The van der Waals surface area contributed by atoms with Crippen LogP contribution in [0.15, 0.2) is 48.5 Å². The molecule has 1 saturated heterocycles. The number of para-hydroxylation sites is 1. The zero-order valence-electron chi connectivity index (χ0n) is 20.4. The van der Waals surface area contributed by atoms with E-state index in [1.54, 1.807) is 16.7 Å². The van der Waals surface area contributed by atoms with E-state index in [0.717, 1.165) is 35.9 Å². The van der Waals surface area contributed by atoms with Gasteiger partial charge in [0.05, 0.1) is 18.2 Å². The van der Waals surface area contributed by atoms with Gasteiger partial charge >= 0.3 is 0 Å². The minimum atomic E-state index is -0.802. The monoisotopic (exact) mass is 479 g/mol. The molecule has 0 spiro atoms. The smallest absolute Gasteiger partial charge is 0.247 e. The van der Waals surface area contributed by atoms with Crippen LogP contribution in [0.2, 0.25) is 0 Å². The number of benzene rings is 2. The van der Waals surface area contributed by atoms with Crippen LogP contribution in [-0.4, -0.2) is 71.2 Å². The van der Waals surface area contributed by atoms with Crippen LogP contribution in [0.3, 0.4) is 0 Å². The average molecular weight is 480 g/mol. The van der Waals surface area contributed by atoms with Crippen molar-refractivity contribution in [2.45, 2.75) is 44.9 Å². The Morgan fingerprint density at radius 1 is 1.23 bits per heavy atom. The highest BCUT2D eigenvalue weighted by atomic mass is 16.5. The van der Waals surface area contributed by atoms with E-state index in [1.807, 2.05) is 48.5 Å². The van der Waals surface area contributed by atoms with Gasteiger partial charge in [-0.1, -0.05) is 48.5 Å². The summed E-state index contributed by atoms with van der Waals surface area (Å²) in [6.07, 6.45) is 2.57. The van der Waals surface area contributed by atoms with E-state index in [1.165, 1.54) is 5.56 Å². The molecule has 2 unspecified atom stereocenters. The molecule has 4 rings (SSSR count). The molecule has 2 heterocycles. The lowest BCUT2D eigenvalue weighted by Crippen LogP contribution is -2.48. The van der Waals surface area contributed by atoms with E-state index in [2.05, 4.69) is 22.6 Å². The number of nitrogens with one attached hydrogen (secondary N) is 1. The molecule has 186 valence electrons. The number of nitrogens with zero attached hydrogens (tertiary/aromatic N) is 4. The summed E-state index contributed by atoms with van der Waals surface area (Å²) < 4.78 is 12.5. The Morgan fingerprint density at radius 3 is 2.74 bits per heavy atom. The van der Waals surface area contributed by atoms with Gasteiger partial charge in [-0.05, 0) is 42.5 Å². The molecule has 2 amide bonds. The third kappa shape index (κ3) is 6.04. The highest BCUT2D eigenvalue weighted by Gasteiger charge is 2.34. The maximum Gasteiger partial charge on any atom is 0.247 e. The molecule has 1 aliphatic rings. The van der Waals surface area contributed by atoms with E-state index in [4.69, 9.17) is 9.47 Å². The molecule has 0 saturated carbocycles. The van der Waals surface area contributed by atoms with E-state index < -0.39 is 6.04 Å². The van der Waals surface area contributed by atoms with Gasteiger partial charge in [0.2, 0.25) is 11.8 Å². The number of rotatable bonds is 11. The summed E-state index contributed by atoms with van der Waals surface area (Å²) in [6, 6.07) is 14.6. The predicted molar refractivity (Wildman–Crippen MR) is 132 cm³/mol. The van der Waals surface area contributed by atoms with Gasteiger partial charge in [-0.3, -0.25) is 9.59 Å². The molecule has 9 nitrogen and oxygen atoms in total. The average Bonchev–Trinajstić information content (AvgIpc) is 3.54. The molecule has 2 atom stereocenters. The van der Waals surface area contributed by atoms with Crippen LogP contribution in [0.1, 0.15) is 36.9 Å². The first-order valence-electron chi connectivity index (χ1n) is 12.2. The van der Waals surface area contributed by atoms with Crippen molar-refractivity contribution < 1.29 is 19.1 Å². The van der Waals surface area contributed by atoms with Crippen LogP contribution in [0.5, 0.6) is 0 Å².